The Morgan fingerprint density at radius 2 is 1.91 bits per heavy atom. The van der Waals surface area contributed by atoms with Crippen LogP contribution in [0.5, 0.6) is 0 Å². The largest absolute Gasteiger partial charge is 0.356 e. The third-order valence-corrected chi connectivity index (χ3v) is 3.66. The second kappa shape index (κ2) is 9.12. The number of carbonyl (C=O) groups is 1. The summed E-state index contributed by atoms with van der Waals surface area (Å²) in [7, 11) is 1.72. The molecule has 0 aliphatic heterocycles. The third-order valence-electron chi connectivity index (χ3n) is 3.66. The van der Waals surface area contributed by atoms with Gasteiger partial charge >= 0.3 is 0 Å². The van der Waals surface area contributed by atoms with Gasteiger partial charge in [0.2, 0.25) is 5.91 Å². The average Bonchev–Trinajstić information content (AvgIpc) is 3.35. The summed E-state index contributed by atoms with van der Waals surface area (Å²) < 4.78 is 12.8. The first-order chi connectivity index (χ1) is 11.2. The number of aliphatic imine (C=N–C) groups is 1. The SMILES string of the molecule is CN=C(NCCCC(=O)NC1CC1)NCCc1ccc(F)cc1. The van der Waals surface area contributed by atoms with E-state index in [-0.39, 0.29) is 11.7 Å². The Morgan fingerprint density at radius 3 is 2.57 bits per heavy atom. The highest BCUT2D eigenvalue weighted by atomic mass is 19.1. The first-order valence-corrected chi connectivity index (χ1v) is 8.15. The summed E-state index contributed by atoms with van der Waals surface area (Å²) in [5.41, 5.74) is 1.08. The van der Waals surface area contributed by atoms with Crippen LogP contribution in [0, 0.1) is 5.82 Å². The van der Waals surface area contributed by atoms with Crippen molar-refractivity contribution in [3.05, 3.63) is 35.6 Å². The van der Waals surface area contributed by atoms with E-state index in [0.717, 1.165) is 37.2 Å². The number of rotatable bonds is 8. The lowest BCUT2D eigenvalue weighted by atomic mass is 10.1. The van der Waals surface area contributed by atoms with Gasteiger partial charge < -0.3 is 16.0 Å². The van der Waals surface area contributed by atoms with Gasteiger partial charge in [0, 0.05) is 32.6 Å². The van der Waals surface area contributed by atoms with E-state index in [2.05, 4.69) is 20.9 Å². The van der Waals surface area contributed by atoms with Crippen molar-refractivity contribution >= 4 is 11.9 Å². The van der Waals surface area contributed by atoms with Crippen molar-refractivity contribution in [1.29, 1.82) is 0 Å². The zero-order valence-electron chi connectivity index (χ0n) is 13.6. The van der Waals surface area contributed by atoms with Gasteiger partial charge in [-0.2, -0.15) is 0 Å². The maximum absolute atomic E-state index is 12.8. The molecule has 1 aliphatic rings. The zero-order valence-corrected chi connectivity index (χ0v) is 13.6. The number of benzene rings is 1. The molecule has 0 bridgehead atoms. The molecule has 6 heteroatoms. The summed E-state index contributed by atoms with van der Waals surface area (Å²) in [5, 5.41) is 9.37. The van der Waals surface area contributed by atoms with Gasteiger partial charge in [-0.05, 0) is 43.4 Å². The van der Waals surface area contributed by atoms with Crippen LogP contribution in [0.4, 0.5) is 4.39 Å². The molecule has 1 amide bonds. The number of carbonyl (C=O) groups excluding carboxylic acids is 1. The van der Waals surface area contributed by atoms with E-state index in [9.17, 15) is 9.18 Å². The monoisotopic (exact) mass is 320 g/mol. The summed E-state index contributed by atoms with van der Waals surface area (Å²) in [6, 6.07) is 6.93. The summed E-state index contributed by atoms with van der Waals surface area (Å²) in [5.74, 6) is 0.633. The highest BCUT2D eigenvalue weighted by molar-refractivity contribution is 5.80. The van der Waals surface area contributed by atoms with Gasteiger partial charge in [-0.15, -0.1) is 0 Å². The molecular weight excluding hydrogens is 295 g/mol. The predicted octanol–water partition coefficient (Wildman–Crippen LogP) is 1.59. The smallest absolute Gasteiger partial charge is 0.220 e. The van der Waals surface area contributed by atoms with E-state index in [1.165, 1.54) is 12.1 Å². The second-order valence-electron chi connectivity index (χ2n) is 5.75. The van der Waals surface area contributed by atoms with Crippen molar-refractivity contribution in [1.82, 2.24) is 16.0 Å². The molecule has 0 unspecified atom stereocenters. The molecule has 0 spiro atoms. The molecule has 2 rings (SSSR count). The van der Waals surface area contributed by atoms with Gasteiger partial charge in [-0.3, -0.25) is 9.79 Å². The van der Waals surface area contributed by atoms with Crippen molar-refractivity contribution in [2.75, 3.05) is 20.1 Å². The van der Waals surface area contributed by atoms with Crippen LogP contribution in [-0.4, -0.2) is 38.0 Å². The molecule has 23 heavy (non-hydrogen) atoms. The molecule has 126 valence electrons. The topological polar surface area (TPSA) is 65.5 Å². The molecule has 1 fully saturated rings. The maximum Gasteiger partial charge on any atom is 0.220 e. The Hall–Kier alpha value is -2.11. The maximum atomic E-state index is 12.8. The van der Waals surface area contributed by atoms with Crippen LogP contribution in [0.25, 0.3) is 0 Å². The molecule has 0 radical (unpaired) electrons. The lowest BCUT2D eigenvalue weighted by molar-refractivity contribution is -0.121. The number of nitrogens with one attached hydrogen (secondary N) is 3. The fourth-order valence-corrected chi connectivity index (χ4v) is 2.18. The van der Waals surface area contributed by atoms with Crippen LogP contribution in [0.15, 0.2) is 29.3 Å². The van der Waals surface area contributed by atoms with Gasteiger partial charge in [0.05, 0.1) is 0 Å². The van der Waals surface area contributed by atoms with Crippen molar-refractivity contribution in [3.8, 4) is 0 Å². The minimum atomic E-state index is -0.218. The summed E-state index contributed by atoms with van der Waals surface area (Å²) >= 11 is 0. The quantitative estimate of drug-likeness (QED) is 0.387. The Bertz CT molecular complexity index is 526. The number of hydrogen-bond donors (Lipinski definition) is 3. The lowest BCUT2D eigenvalue weighted by Gasteiger charge is -2.12. The summed E-state index contributed by atoms with van der Waals surface area (Å²) in [4.78, 5) is 15.7. The Morgan fingerprint density at radius 1 is 1.22 bits per heavy atom. The van der Waals surface area contributed by atoms with E-state index in [0.29, 0.717) is 25.6 Å². The van der Waals surface area contributed by atoms with Crippen molar-refractivity contribution in [3.63, 3.8) is 0 Å². The molecule has 0 heterocycles. The summed E-state index contributed by atoms with van der Waals surface area (Å²) in [6.07, 6.45) is 4.35. The highest BCUT2D eigenvalue weighted by Crippen LogP contribution is 2.18. The Kier molecular flexibility index (Phi) is 6.84. The van der Waals surface area contributed by atoms with Gasteiger partial charge in [-0.1, -0.05) is 12.1 Å². The Balaban J connectivity index is 1.55. The molecule has 0 saturated heterocycles. The van der Waals surface area contributed by atoms with Crippen LogP contribution >= 0.6 is 0 Å². The molecule has 0 aromatic heterocycles. The summed E-state index contributed by atoms with van der Waals surface area (Å²) in [6.45, 7) is 1.42. The van der Waals surface area contributed by atoms with Crippen molar-refractivity contribution in [2.45, 2.75) is 38.1 Å². The van der Waals surface area contributed by atoms with Crippen LogP contribution in [0.2, 0.25) is 0 Å². The van der Waals surface area contributed by atoms with Gasteiger partial charge in [0.15, 0.2) is 5.96 Å². The van der Waals surface area contributed by atoms with E-state index < -0.39 is 0 Å². The number of nitrogens with zero attached hydrogens (tertiary/aromatic N) is 1. The van der Waals surface area contributed by atoms with Gasteiger partial charge in [0.1, 0.15) is 5.82 Å². The second-order valence-corrected chi connectivity index (χ2v) is 5.75. The minimum absolute atomic E-state index is 0.133. The van der Waals surface area contributed by atoms with Crippen molar-refractivity contribution in [2.24, 2.45) is 4.99 Å². The van der Waals surface area contributed by atoms with Crippen LogP contribution < -0.4 is 16.0 Å². The molecule has 1 aromatic rings. The number of hydrogen-bond acceptors (Lipinski definition) is 2. The number of amides is 1. The average molecular weight is 320 g/mol. The number of guanidine groups is 1. The normalized spacial score (nSPS) is 14.4. The number of halogens is 1. The van der Waals surface area contributed by atoms with Crippen LogP contribution in [0.3, 0.4) is 0 Å². The zero-order chi connectivity index (χ0) is 16.5. The van der Waals surface area contributed by atoms with E-state index in [1.54, 1.807) is 19.2 Å². The fraction of sp³-hybridized carbons (Fsp3) is 0.529. The molecule has 3 N–H and O–H groups in total. The van der Waals surface area contributed by atoms with E-state index in [4.69, 9.17) is 0 Å². The molecule has 1 saturated carbocycles. The van der Waals surface area contributed by atoms with E-state index in [1.807, 2.05) is 0 Å². The third kappa shape index (κ3) is 7.13. The van der Waals surface area contributed by atoms with Crippen molar-refractivity contribution < 1.29 is 9.18 Å². The van der Waals surface area contributed by atoms with E-state index >= 15 is 0 Å². The molecular formula is C17H25FN4O. The Labute approximate surface area is 136 Å². The predicted molar refractivity (Wildman–Crippen MR) is 89.9 cm³/mol. The molecule has 1 aromatic carbocycles. The first kappa shape index (κ1) is 17.2. The highest BCUT2D eigenvalue weighted by Gasteiger charge is 2.22. The van der Waals surface area contributed by atoms with Gasteiger partial charge in [-0.25, -0.2) is 4.39 Å². The molecule has 1 aliphatic carbocycles. The molecule has 0 atom stereocenters. The first-order valence-electron chi connectivity index (χ1n) is 8.15. The lowest BCUT2D eigenvalue weighted by Crippen LogP contribution is -2.39. The molecule has 5 nitrogen and oxygen atoms in total. The standard InChI is InChI=1S/C17H25FN4O/c1-19-17(20-11-2-3-16(23)22-15-8-9-15)21-12-10-13-4-6-14(18)7-5-13/h4-7,15H,2-3,8-12H2,1H3,(H,22,23)(H2,19,20,21). The van der Waals surface area contributed by atoms with Crippen LogP contribution in [0.1, 0.15) is 31.2 Å². The fourth-order valence-electron chi connectivity index (χ4n) is 2.18. The van der Waals surface area contributed by atoms with Crippen LogP contribution in [-0.2, 0) is 11.2 Å². The van der Waals surface area contributed by atoms with Gasteiger partial charge in [0.25, 0.3) is 0 Å². The minimum Gasteiger partial charge on any atom is -0.356 e.